The Hall–Kier alpha value is -3.99. The molecular weight excluding hydrogens is 477 g/mol. The lowest BCUT2D eigenvalue weighted by Crippen LogP contribution is -2.41. The summed E-state index contributed by atoms with van der Waals surface area (Å²) in [6, 6.07) is 38.7. The molecular formula is C35H30BNO2. The first kappa shape index (κ1) is 24.1. The molecule has 1 aliphatic rings. The second-order valence-electron chi connectivity index (χ2n) is 11.4. The third-order valence-electron chi connectivity index (χ3n) is 8.51. The van der Waals surface area contributed by atoms with Crippen LogP contribution in [0, 0.1) is 0 Å². The van der Waals surface area contributed by atoms with E-state index in [2.05, 4.69) is 137 Å². The van der Waals surface area contributed by atoms with Gasteiger partial charge >= 0.3 is 7.12 Å². The molecule has 1 aromatic heterocycles. The van der Waals surface area contributed by atoms with Gasteiger partial charge in [0.25, 0.3) is 0 Å². The van der Waals surface area contributed by atoms with Crippen LogP contribution in [-0.2, 0) is 9.31 Å². The highest BCUT2D eigenvalue weighted by molar-refractivity contribution is 6.62. The Morgan fingerprint density at radius 3 is 1.92 bits per heavy atom. The minimum atomic E-state index is -0.386. The molecule has 1 fully saturated rings. The molecule has 0 unspecified atom stereocenters. The van der Waals surface area contributed by atoms with Crippen molar-refractivity contribution < 1.29 is 9.31 Å². The Morgan fingerprint density at radius 2 is 1.15 bits per heavy atom. The van der Waals surface area contributed by atoms with E-state index in [-0.39, 0.29) is 18.3 Å². The number of aromatic nitrogens is 1. The molecule has 190 valence electrons. The summed E-state index contributed by atoms with van der Waals surface area (Å²) in [6.07, 6.45) is 0. The number of para-hydroxylation sites is 1. The van der Waals surface area contributed by atoms with Crippen LogP contribution in [0.25, 0.3) is 54.8 Å². The molecule has 0 atom stereocenters. The molecule has 6 aromatic rings. The first-order chi connectivity index (χ1) is 18.8. The van der Waals surface area contributed by atoms with Crippen molar-refractivity contribution in [3.05, 3.63) is 109 Å². The van der Waals surface area contributed by atoms with Gasteiger partial charge in [0.1, 0.15) is 0 Å². The fourth-order valence-electron chi connectivity index (χ4n) is 5.69. The number of hydrogen-bond donors (Lipinski definition) is 0. The second-order valence-corrected chi connectivity index (χ2v) is 11.4. The van der Waals surface area contributed by atoms with Gasteiger partial charge in [0.15, 0.2) is 0 Å². The van der Waals surface area contributed by atoms with Crippen LogP contribution in [0.3, 0.4) is 0 Å². The summed E-state index contributed by atoms with van der Waals surface area (Å²) in [6.45, 7) is 8.33. The first-order valence-electron chi connectivity index (χ1n) is 13.6. The highest BCUT2D eigenvalue weighted by Crippen LogP contribution is 2.41. The van der Waals surface area contributed by atoms with E-state index in [0.29, 0.717) is 0 Å². The van der Waals surface area contributed by atoms with Crippen molar-refractivity contribution in [3.8, 4) is 22.4 Å². The van der Waals surface area contributed by atoms with Crippen molar-refractivity contribution in [1.29, 1.82) is 0 Å². The Bertz CT molecular complexity index is 1850. The van der Waals surface area contributed by atoms with Gasteiger partial charge in [-0.15, -0.1) is 0 Å². The SMILES string of the molecule is CC1(C)OB(c2ccc(-c3nc4ccccc4c4c(-c5cccc6ccccc56)cccc34)cc2)OC1(C)C. The van der Waals surface area contributed by atoms with Gasteiger partial charge in [-0.05, 0) is 61.1 Å². The molecule has 7 rings (SSSR count). The summed E-state index contributed by atoms with van der Waals surface area (Å²) < 4.78 is 12.6. The first-order valence-corrected chi connectivity index (χ1v) is 13.6. The predicted molar refractivity (Wildman–Crippen MR) is 163 cm³/mol. The van der Waals surface area contributed by atoms with E-state index < -0.39 is 0 Å². The van der Waals surface area contributed by atoms with Gasteiger partial charge in [0.05, 0.1) is 22.4 Å². The van der Waals surface area contributed by atoms with Crippen LogP contribution < -0.4 is 5.46 Å². The third-order valence-corrected chi connectivity index (χ3v) is 8.51. The summed E-state index contributed by atoms with van der Waals surface area (Å²) in [7, 11) is -0.386. The van der Waals surface area contributed by atoms with Crippen molar-refractivity contribution >= 4 is 45.0 Å². The van der Waals surface area contributed by atoms with Gasteiger partial charge in [-0.2, -0.15) is 0 Å². The van der Waals surface area contributed by atoms with Gasteiger partial charge in [-0.3, -0.25) is 0 Å². The largest absolute Gasteiger partial charge is 0.494 e. The quantitative estimate of drug-likeness (QED) is 0.179. The Labute approximate surface area is 229 Å². The summed E-state index contributed by atoms with van der Waals surface area (Å²) in [5.74, 6) is 0. The third kappa shape index (κ3) is 3.86. The predicted octanol–water partition coefficient (Wildman–Crippen LogP) is 8.17. The summed E-state index contributed by atoms with van der Waals surface area (Å²) >= 11 is 0. The summed E-state index contributed by atoms with van der Waals surface area (Å²) in [5.41, 5.74) is 5.76. The van der Waals surface area contributed by atoms with Crippen LogP contribution in [0.4, 0.5) is 0 Å². The molecule has 0 radical (unpaired) electrons. The normalized spacial score (nSPS) is 16.4. The molecule has 0 N–H and O–H groups in total. The lowest BCUT2D eigenvalue weighted by molar-refractivity contribution is 0.00578. The zero-order valence-corrected chi connectivity index (χ0v) is 22.7. The zero-order chi connectivity index (χ0) is 26.8. The van der Waals surface area contributed by atoms with E-state index in [4.69, 9.17) is 14.3 Å². The fourth-order valence-corrected chi connectivity index (χ4v) is 5.69. The van der Waals surface area contributed by atoms with Gasteiger partial charge in [-0.1, -0.05) is 103 Å². The maximum atomic E-state index is 6.29. The molecule has 1 aliphatic heterocycles. The topological polar surface area (TPSA) is 31.4 Å². The van der Waals surface area contributed by atoms with E-state index in [1.807, 2.05) is 0 Å². The number of hydrogen-bond acceptors (Lipinski definition) is 3. The number of benzene rings is 5. The molecule has 4 heteroatoms. The molecule has 0 bridgehead atoms. The van der Waals surface area contributed by atoms with Gasteiger partial charge in [-0.25, -0.2) is 4.98 Å². The molecule has 39 heavy (non-hydrogen) atoms. The number of pyridine rings is 1. The van der Waals surface area contributed by atoms with E-state index in [0.717, 1.165) is 33.0 Å². The van der Waals surface area contributed by atoms with Crippen molar-refractivity contribution in [2.24, 2.45) is 0 Å². The van der Waals surface area contributed by atoms with Crippen molar-refractivity contribution in [3.63, 3.8) is 0 Å². The number of fused-ring (bicyclic) bond motifs is 4. The maximum absolute atomic E-state index is 6.29. The highest BCUT2D eigenvalue weighted by atomic mass is 16.7. The minimum absolute atomic E-state index is 0.371. The lowest BCUT2D eigenvalue weighted by atomic mass is 9.78. The van der Waals surface area contributed by atoms with Crippen LogP contribution in [0.15, 0.2) is 109 Å². The van der Waals surface area contributed by atoms with Gasteiger partial charge in [0, 0.05) is 21.7 Å². The molecule has 0 amide bonds. The van der Waals surface area contributed by atoms with Crippen molar-refractivity contribution in [2.75, 3.05) is 0 Å². The van der Waals surface area contributed by atoms with E-state index in [1.165, 1.54) is 27.3 Å². The summed E-state index contributed by atoms with van der Waals surface area (Å²) in [5, 5.41) is 6.02. The van der Waals surface area contributed by atoms with Crippen LogP contribution in [0.2, 0.25) is 0 Å². The van der Waals surface area contributed by atoms with E-state index in [9.17, 15) is 0 Å². The van der Waals surface area contributed by atoms with Crippen LogP contribution in [0.5, 0.6) is 0 Å². The Morgan fingerprint density at radius 1 is 0.564 bits per heavy atom. The Balaban J connectivity index is 1.41. The fraction of sp³-hybridized carbons (Fsp3) is 0.171. The molecule has 0 saturated carbocycles. The summed E-state index contributed by atoms with van der Waals surface area (Å²) in [4.78, 5) is 5.18. The Kier molecular flexibility index (Phi) is 5.42. The lowest BCUT2D eigenvalue weighted by Gasteiger charge is -2.32. The molecule has 3 nitrogen and oxygen atoms in total. The van der Waals surface area contributed by atoms with Crippen LogP contribution >= 0.6 is 0 Å². The molecule has 0 aliphatic carbocycles. The average molecular weight is 507 g/mol. The number of nitrogens with zero attached hydrogens (tertiary/aromatic N) is 1. The van der Waals surface area contributed by atoms with E-state index in [1.54, 1.807) is 0 Å². The molecule has 2 heterocycles. The van der Waals surface area contributed by atoms with Crippen LogP contribution in [-0.4, -0.2) is 23.3 Å². The standard InChI is InChI=1S/C35H30BNO2/c1-34(2)35(3,4)39-36(38-34)25-21-19-24(20-22-25)33-30-17-10-16-28(32(30)29-14-7-8-18-31(29)37-33)27-15-9-12-23-11-5-6-13-26(23)27/h5-22H,1-4H3. The van der Waals surface area contributed by atoms with E-state index >= 15 is 0 Å². The minimum Gasteiger partial charge on any atom is -0.399 e. The molecule has 5 aromatic carbocycles. The molecule has 0 spiro atoms. The van der Waals surface area contributed by atoms with Crippen molar-refractivity contribution in [1.82, 2.24) is 4.98 Å². The number of rotatable bonds is 3. The zero-order valence-electron chi connectivity index (χ0n) is 22.7. The van der Waals surface area contributed by atoms with Crippen molar-refractivity contribution in [2.45, 2.75) is 38.9 Å². The molecule has 1 saturated heterocycles. The van der Waals surface area contributed by atoms with Gasteiger partial charge < -0.3 is 9.31 Å². The monoisotopic (exact) mass is 507 g/mol. The second kappa shape index (κ2) is 8.77. The average Bonchev–Trinajstić information content (AvgIpc) is 3.18. The van der Waals surface area contributed by atoms with Crippen LogP contribution in [0.1, 0.15) is 27.7 Å². The highest BCUT2D eigenvalue weighted by Gasteiger charge is 2.51. The smallest absolute Gasteiger partial charge is 0.399 e. The van der Waals surface area contributed by atoms with Gasteiger partial charge in [0.2, 0.25) is 0 Å². The maximum Gasteiger partial charge on any atom is 0.494 e.